The molecule has 170 valence electrons. The number of alkyl halides is 1. The van der Waals surface area contributed by atoms with Gasteiger partial charge in [-0.3, -0.25) is 19.7 Å². The minimum atomic E-state index is -0.769. The van der Waals surface area contributed by atoms with Gasteiger partial charge in [0.05, 0.1) is 47.4 Å². The number of nitrogens with zero attached hydrogens (tertiary/aromatic N) is 6. The highest BCUT2D eigenvalue weighted by Crippen LogP contribution is 2.24. The summed E-state index contributed by atoms with van der Waals surface area (Å²) < 4.78 is 13.5. The highest BCUT2D eigenvalue weighted by atomic mass is 19.1. The molecule has 1 atom stereocenters. The molecule has 3 aromatic heterocycles. The number of hydrogen-bond donors (Lipinski definition) is 2. The number of hydrogen-bond acceptors (Lipinski definition) is 8. The minimum Gasteiger partial charge on any atom is -0.367 e. The summed E-state index contributed by atoms with van der Waals surface area (Å²) in [4.78, 5) is 33.5. The summed E-state index contributed by atoms with van der Waals surface area (Å²) in [6, 6.07) is 9.49. The van der Waals surface area contributed by atoms with Crippen LogP contribution in [-0.4, -0.2) is 69.6 Å². The third-order valence-corrected chi connectivity index (χ3v) is 5.75. The zero-order chi connectivity index (χ0) is 22.6. The largest absolute Gasteiger partial charge is 0.367 e. The first-order valence-electron chi connectivity index (χ1n) is 11.0. The zero-order valence-corrected chi connectivity index (χ0v) is 18.1. The summed E-state index contributed by atoms with van der Waals surface area (Å²) >= 11 is 0. The van der Waals surface area contributed by atoms with Gasteiger partial charge in [0.2, 0.25) is 11.9 Å². The molecule has 1 amide bonds. The van der Waals surface area contributed by atoms with Gasteiger partial charge < -0.3 is 15.5 Å². The molecule has 0 saturated carbocycles. The Morgan fingerprint density at radius 3 is 2.73 bits per heavy atom. The normalized spacial score (nSPS) is 18.9. The third kappa shape index (κ3) is 5.23. The van der Waals surface area contributed by atoms with Gasteiger partial charge in [-0.25, -0.2) is 14.4 Å². The average molecular weight is 449 g/mol. The number of aromatic nitrogens is 4. The Morgan fingerprint density at radius 1 is 1.06 bits per heavy atom. The smallest absolute Gasteiger partial charge is 0.234 e. The van der Waals surface area contributed by atoms with Crippen molar-refractivity contribution in [3.8, 4) is 11.4 Å². The first-order valence-corrected chi connectivity index (χ1v) is 11.0. The maximum absolute atomic E-state index is 13.5. The molecule has 0 spiro atoms. The van der Waals surface area contributed by atoms with Gasteiger partial charge in [0.25, 0.3) is 0 Å². The van der Waals surface area contributed by atoms with E-state index in [1.54, 1.807) is 24.7 Å². The van der Waals surface area contributed by atoms with Crippen LogP contribution in [0.3, 0.4) is 0 Å². The number of piperazine rings is 1. The fourth-order valence-corrected chi connectivity index (χ4v) is 4.01. The Labute approximate surface area is 191 Å². The number of pyridine rings is 2. The average Bonchev–Trinajstić information content (AvgIpc) is 3.27. The summed E-state index contributed by atoms with van der Waals surface area (Å²) in [5, 5.41) is 6.00. The van der Waals surface area contributed by atoms with Crippen molar-refractivity contribution in [2.45, 2.75) is 19.1 Å². The minimum absolute atomic E-state index is 0.0464. The lowest BCUT2D eigenvalue weighted by molar-refractivity contribution is -0.124. The maximum Gasteiger partial charge on any atom is 0.234 e. The van der Waals surface area contributed by atoms with Crippen LogP contribution in [0.4, 0.5) is 21.7 Å². The van der Waals surface area contributed by atoms with E-state index < -0.39 is 6.17 Å². The van der Waals surface area contributed by atoms with Crippen molar-refractivity contribution >= 4 is 23.2 Å². The monoisotopic (exact) mass is 448 g/mol. The highest BCUT2D eigenvalue weighted by Gasteiger charge is 2.22. The Bertz CT molecular complexity index is 1110. The lowest BCUT2D eigenvalue weighted by Gasteiger charge is -2.25. The van der Waals surface area contributed by atoms with Crippen LogP contribution in [0.5, 0.6) is 0 Å². The lowest BCUT2D eigenvalue weighted by Crippen LogP contribution is -2.47. The zero-order valence-electron chi connectivity index (χ0n) is 18.1. The SMILES string of the molecule is O=C1CN(Cc2ccc(Nc3nccc(-c4ccc(N5CC[C@H](F)C5)cn4)n3)cn2)CCN1. The Balaban J connectivity index is 1.22. The summed E-state index contributed by atoms with van der Waals surface area (Å²) in [6.07, 6.45) is 4.97. The number of nitrogens with one attached hydrogen (secondary N) is 2. The van der Waals surface area contributed by atoms with Gasteiger partial charge in [-0.15, -0.1) is 0 Å². The number of amides is 1. The van der Waals surface area contributed by atoms with E-state index in [0.29, 0.717) is 50.8 Å². The topological polar surface area (TPSA) is 99.2 Å². The van der Waals surface area contributed by atoms with Gasteiger partial charge in [-0.2, -0.15) is 0 Å². The molecule has 9 nitrogen and oxygen atoms in total. The van der Waals surface area contributed by atoms with Crippen LogP contribution in [-0.2, 0) is 11.3 Å². The van der Waals surface area contributed by atoms with Gasteiger partial charge in [-0.1, -0.05) is 0 Å². The lowest BCUT2D eigenvalue weighted by atomic mass is 10.2. The van der Waals surface area contributed by atoms with Crippen LogP contribution in [0.1, 0.15) is 12.1 Å². The molecule has 5 heterocycles. The number of anilines is 3. The predicted molar refractivity (Wildman–Crippen MR) is 123 cm³/mol. The second-order valence-electron chi connectivity index (χ2n) is 8.22. The molecule has 33 heavy (non-hydrogen) atoms. The molecular weight excluding hydrogens is 423 g/mol. The van der Waals surface area contributed by atoms with E-state index in [4.69, 9.17) is 0 Å². The molecule has 2 aliphatic rings. The summed E-state index contributed by atoms with van der Waals surface area (Å²) in [5.41, 5.74) is 4.00. The van der Waals surface area contributed by atoms with Crippen molar-refractivity contribution in [1.82, 2.24) is 30.2 Å². The molecule has 0 aliphatic carbocycles. The molecule has 0 bridgehead atoms. The second kappa shape index (κ2) is 9.45. The number of carbonyl (C=O) groups excluding carboxylic acids is 1. The summed E-state index contributed by atoms with van der Waals surface area (Å²) in [5.74, 6) is 0.491. The van der Waals surface area contributed by atoms with Crippen molar-refractivity contribution in [1.29, 1.82) is 0 Å². The van der Waals surface area contributed by atoms with Crippen LogP contribution >= 0.6 is 0 Å². The van der Waals surface area contributed by atoms with E-state index in [1.807, 2.05) is 29.2 Å². The fourth-order valence-electron chi connectivity index (χ4n) is 4.01. The fraction of sp³-hybridized carbons (Fsp3) is 0.348. The van der Waals surface area contributed by atoms with Gasteiger partial charge in [0, 0.05) is 38.9 Å². The molecule has 2 saturated heterocycles. The quantitative estimate of drug-likeness (QED) is 0.592. The van der Waals surface area contributed by atoms with E-state index in [9.17, 15) is 9.18 Å². The summed E-state index contributed by atoms with van der Waals surface area (Å²) in [7, 11) is 0. The third-order valence-electron chi connectivity index (χ3n) is 5.75. The van der Waals surface area contributed by atoms with Crippen molar-refractivity contribution < 1.29 is 9.18 Å². The maximum atomic E-state index is 13.5. The van der Waals surface area contributed by atoms with Gasteiger partial charge in [-0.05, 0) is 36.8 Å². The molecule has 2 N–H and O–H groups in total. The van der Waals surface area contributed by atoms with Crippen LogP contribution in [0.15, 0.2) is 48.9 Å². The van der Waals surface area contributed by atoms with Gasteiger partial charge >= 0.3 is 0 Å². The Kier molecular flexibility index (Phi) is 6.07. The molecule has 0 aromatic carbocycles. The first-order chi connectivity index (χ1) is 16.1. The van der Waals surface area contributed by atoms with E-state index in [0.717, 1.165) is 29.3 Å². The predicted octanol–water partition coefficient (Wildman–Crippen LogP) is 2.16. The van der Waals surface area contributed by atoms with Crippen molar-refractivity contribution in [3.63, 3.8) is 0 Å². The summed E-state index contributed by atoms with van der Waals surface area (Å²) in [6.45, 7) is 3.64. The molecule has 0 unspecified atom stereocenters. The van der Waals surface area contributed by atoms with Crippen LogP contribution < -0.4 is 15.5 Å². The van der Waals surface area contributed by atoms with Gasteiger partial charge in [0.15, 0.2) is 0 Å². The van der Waals surface area contributed by atoms with Crippen LogP contribution in [0.2, 0.25) is 0 Å². The highest BCUT2D eigenvalue weighted by molar-refractivity contribution is 5.78. The molecule has 2 fully saturated rings. The van der Waals surface area contributed by atoms with Crippen molar-refractivity contribution in [2.24, 2.45) is 0 Å². The molecule has 0 radical (unpaired) electrons. The van der Waals surface area contributed by atoms with Crippen molar-refractivity contribution in [2.75, 3.05) is 42.9 Å². The van der Waals surface area contributed by atoms with Gasteiger partial charge in [0.1, 0.15) is 6.17 Å². The van der Waals surface area contributed by atoms with E-state index >= 15 is 0 Å². The first kappa shape index (κ1) is 21.2. The van der Waals surface area contributed by atoms with E-state index in [1.165, 1.54) is 0 Å². The number of rotatable bonds is 6. The Morgan fingerprint density at radius 2 is 2.00 bits per heavy atom. The van der Waals surface area contributed by atoms with E-state index in [-0.39, 0.29) is 5.91 Å². The second-order valence-corrected chi connectivity index (χ2v) is 8.22. The number of halogens is 1. The molecule has 2 aliphatic heterocycles. The molecule has 5 rings (SSSR count). The molecule has 3 aromatic rings. The van der Waals surface area contributed by atoms with Crippen LogP contribution in [0, 0.1) is 0 Å². The van der Waals surface area contributed by atoms with Crippen molar-refractivity contribution in [3.05, 3.63) is 54.6 Å². The number of carbonyl (C=O) groups is 1. The standard InChI is InChI=1S/C23H25FN8O/c24-16-6-9-32(13-16)19-3-4-20(28-12-19)21-5-7-26-23(30-21)29-17-1-2-18(27-11-17)14-31-10-8-25-22(33)15-31/h1-5,7,11-12,16H,6,8-10,13-15H2,(H,25,33)(H,26,29,30)/t16-/m0/s1. The molecular formula is C23H25FN8O. The van der Waals surface area contributed by atoms with Crippen LogP contribution in [0.25, 0.3) is 11.4 Å². The molecule has 10 heteroatoms. The van der Waals surface area contributed by atoms with E-state index in [2.05, 4.69) is 35.5 Å². The Hall–Kier alpha value is -3.66.